The average molecular weight is 267 g/mol. The van der Waals surface area contributed by atoms with Gasteiger partial charge in [-0.1, -0.05) is 13.0 Å². The topological polar surface area (TPSA) is 78.8 Å². The number of hydrogen-bond donors (Lipinski definition) is 1. The zero-order valence-electron chi connectivity index (χ0n) is 11.7. The Balaban J connectivity index is 2.37. The smallest absolute Gasteiger partial charge is 0.138 e. The highest BCUT2D eigenvalue weighted by atomic mass is 15.2. The maximum Gasteiger partial charge on any atom is 0.138 e. The Morgan fingerprint density at radius 1 is 1.30 bits per heavy atom. The first kappa shape index (κ1) is 13.8. The van der Waals surface area contributed by atoms with E-state index in [1.165, 1.54) is 0 Å². The van der Waals surface area contributed by atoms with Gasteiger partial charge in [-0.3, -0.25) is 0 Å². The van der Waals surface area contributed by atoms with Gasteiger partial charge in [0.05, 0.1) is 11.6 Å². The third-order valence-corrected chi connectivity index (χ3v) is 2.96. The number of rotatable bonds is 4. The third-order valence-electron chi connectivity index (χ3n) is 2.96. The van der Waals surface area contributed by atoms with Crippen molar-refractivity contribution in [3.63, 3.8) is 0 Å². The van der Waals surface area contributed by atoms with Gasteiger partial charge in [-0.2, -0.15) is 5.26 Å². The molecule has 0 saturated carbocycles. The number of aryl methyl sites for hydroxylation is 1. The molecule has 0 fully saturated rings. The van der Waals surface area contributed by atoms with Gasteiger partial charge >= 0.3 is 0 Å². The summed E-state index contributed by atoms with van der Waals surface area (Å²) < 4.78 is 0. The summed E-state index contributed by atoms with van der Waals surface area (Å²) in [6.45, 7) is 2.08. The largest absolute Gasteiger partial charge is 0.384 e. The molecule has 2 aromatic rings. The number of benzene rings is 1. The second-order valence-electron chi connectivity index (χ2n) is 4.54. The van der Waals surface area contributed by atoms with Gasteiger partial charge in [0.15, 0.2) is 0 Å². The molecule has 102 valence electrons. The Bertz CT molecular complexity index is 645. The Kier molecular flexibility index (Phi) is 4.16. The summed E-state index contributed by atoms with van der Waals surface area (Å²) in [5.41, 5.74) is 7.34. The second kappa shape index (κ2) is 6.02. The summed E-state index contributed by atoms with van der Waals surface area (Å²) in [6.07, 6.45) is 1.76. The van der Waals surface area contributed by atoms with Crippen LogP contribution in [-0.4, -0.2) is 17.0 Å². The van der Waals surface area contributed by atoms with Crippen LogP contribution in [0.3, 0.4) is 0 Å². The number of anilines is 3. The molecule has 0 spiro atoms. The zero-order valence-corrected chi connectivity index (χ0v) is 11.7. The highest BCUT2D eigenvalue weighted by Crippen LogP contribution is 2.23. The Hall–Kier alpha value is -2.61. The molecule has 1 aromatic carbocycles. The van der Waals surface area contributed by atoms with Crippen molar-refractivity contribution >= 4 is 17.3 Å². The van der Waals surface area contributed by atoms with Crippen LogP contribution in [0.5, 0.6) is 0 Å². The van der Waals surface area contributed by atoms with Crippen molar-refractivity contribution in [2.24, 2.45) is 0 Å². The van der Waals surface area contributed by atoms with Crippen LogP contribution in [-0.2, 0) is 6.42 Å². The number of nitrogen functional groups attached to an aromatic ring is 1. The normalized spacial score (nSPS) is 10.1. The summed E-state index contributed by atoms with van der Waals surface area (Å²) >= 11 is 0. The molecular formula is C15H17N5. The van der Waals surface area contributed by atoms with E-state index in [1.54, 1.807) is 12.1 Å². The molecule has 20 heavy (non-hydrogen) atoms. The molecule has 0 aliphatic rings. The number of hydrogen-bond acceptors (Lipinski definition) is 5. The number of nitrogens with two attached hydrogens (primary N) is 1. The quantitative estimate of drug-likeness (QED) is 0.921. The fourth-order valence-electron chi connectivity index (χ4n) is 1.93. The predicted octanol–water partition coefficient (Wildman–Crippen LogP) is 2.65. The highest BCUT2D eigenvalue weighted by molar-refractivity contribution is 5.62. The van der Waals surface area contributed by atoms with E-state index in [4.69, 9.17) is 11.0 Å². The van der Waals surface area contributed by atoms with Gasteiger partial charge in [0.1, 0.15) is 17.5 Å². The number of nitrogens with zero attached hydrogens (tertiary/aromatic N) is 4. The van der Waals surface area contributed by atoms with E-state index in [0.29, 0.717) is 11.4 Å². The van der Waals surface area contributed by atoms with Gasteiger partial charge in [0.2, 0.25) is 0 Å². The lowest BCUT2D eigenvalue weighted by Gasteiger charge is -2.19. The fraction of sp³-hybridized carbons (Fsp3) is 0.267. The molecule has 0 aliphatic carbocycles. The van der Waals surface area contributed by atoms with Crippen LogP contribution in [0.4, 0.5) is 17.3 Å². The first-order valence-electron chi connectivity index (χ1n) is 6.51. The zero-order chi connectivity index (χ0) is 14.5. The molecule has 0 radical (unpaired) electrons. The molecule has 0 aliphatic heterocycles. The van der Waals surface area contributed by atoms with Crippen LogP contribution < -0.4 is 10.6 Å². The Morgan fingerprint density at radius 2 is 2.10 bits per heavy atom. The molecule has 2 rings (SSSR count). The molecule has 0 amide bonds. The lowest BCUT2D eigenvalue weighted by atomic mass is 10.2. The van der Waals surface area contributed by atoms with Crippen LogP contribution in [0.2, 0.25) is 0 Å². The van der Waals surface area contributed by atoms with E-state index in [1.807, 2.05) is 30.1 Å². The second-order valence-corrected chi connectivity index (χ2v) is 4.54. The number of nitriles is 1. The van der Waals surface area contributed by atoms with Crippen LogP contribution in [0.1, 0.15) is 24.7 Å². The molecule has 0 unspecified atom stereocenters. The van der Waals surface area contributed by atoms with Gasteiger partial charge in [0, 0.05) is 25.2 Å². The summed E-state index contributed by atoms with van der Waals surface area (Å²) in [7, 11) is 1.90. The van der Waals surface area contributed by atoms with E-state index in [9.17, 15) is 0 Å². The summed E-state index contributed by atoms with van der Waals surface area (Å²) in [5.74, 6) is 1.93. The minimum absolute atomic E-state index is 0.460. The fourth-order valence-corrected chi connectivity index (χ4v) is 1.93. The van der Waals surface area contributed by atoms with Crippen LogP contribution in [0.15, 0.2) is 30.3 Å². The third kappa shape index (κ3) is 3.04. The van der Waals surface area contributed by atoms with Crippen molar-refractivity contribution < 1.29 is 0 Å². The van der Waals surface area contributed by atoms with E-state index in [-0.39, 0.29) is 0 Å². The molecule has 0 bridgehead atoms. The lowest BCUT2D eigenvalue weighted by Crippen LogP contribution is -2.14. The van der Waals surface area contributed by atoms with E-state index in [0.717, 1.165) is 30.2 Å². The van der Waals surface area contributed by atoms with Gasteiger partial charge in [-0.15, -0.1) is 0 Å². The van der Waals surface area contributed by atoms with Crippen molar-refractivity contribution in [1.29, 1.82) is 5.26 Å². The standard InChI is InChI=1S/C15H17N5/c1-3-5-14-18-13(17)9-15(19-14)20(2)12-7-4-6-11(8-12)10-16/h4,6-9H,3,5H2,1-2H3,(H2,17,18,19). The summed E-state index contributed by atoms with van der Waals surface area (Å²) in [5, 5.41) is 8.96. The maximum atomic E-state index is 8.96. The molecule has 2 N–H and O–H groups in total. The van der Waals surface area contributed by atoms with Gasteiger partial charge in [0.25, 0.3) is 0 Å². The SMILES string of the molecule is CCCc1nc(N)cc(N(C)c2cccc(C#N)c2)n1. The van der Waals surface area contributed by atoms with Crippen molar-refractivity contribution in [2.75, 3.05) is 17.7 Å². The average Bonchev–Trinajstić information content (AvgIpc) is 2.46. The monoisotopic (exact) mass is 267 g/mol. The van der Waals surface area contributed by atoms with Crippen molar-refractivity contribution in [1.82, 2.24) is 9.97 Å². The summed E-state index contributed by atoms with van der Waals surface area (Å²) in [4.78, 5) is 10.6. The molecule has 1 aromatic heterocycles. The first-order valence-corrected chi connectivity index (χ1v) is 6.51. The molecule has 0 saturated heterocycles. The van der Waals surface area contributed by atoms with Crippen LogP contribution in [0, 0.1) is 11.3 Å². The maximum absolute atomic E-state index is 8.96. The number of aromatic nitrogens is 2. The highest BCUT2D eigenvalue weighted by Gasteiger charge is 2.09. The molecule has 0 atom stereocenters. The van der Waals surface area contributed by atoms with Crippen molar-refractivity contribution in [3.8, 4) is 6.07 Å². The van der Waals surface area contributed by atoms with Crippen LogP contribution >= 0.6 is 0 Å². The van der Waals surface area contributed by atoms with Gasteiger partial charge in [-0.05, 0) is 24.6 Å². The molecule has 1 heterocycles. The molecular weight excluding hydrogens is 250 g/mol. The Labute approximate surface area is 118 Å². The lowest BCUT2D eigenvalue weighted by molar-refractivity contribution is 0.834. The van der Waals surface area contributed by atoms with Crippen molar-refractivity contribution in [3.05, 3.63) is 41.7 Å². The Morgan fingerprint density at radius 3 is 2.80 bits per heavy atom. The summed E-state index contributed by atoms with van der Waals surface area (Å²) in [6, 6.07) is 11.2. The van der Waals surface area contributed by atoms with Crippen LogP contribution in [0.25, 0.3) is 0 Å². The van der Waals surface area contributed by atoms with Crippen molar-refractivity contribution in [2.45, 2.75) is 19.8 Å². The molecule has 5 heteroatoms. The van der Waals surface area contributed by atoms with E-state index in [2.05, 4.69) is 23.0 Å². The molecule has 5 nitrogen and oxygen atoms in total. The minimum Gasteiger partial charge on any atom is -0.384 e. The predicted molar refractivity (Wildman–Crippen MR) is 79.7 cm³/mol. The van der Waals surface area contributed by atoms with Gasteiger partial charge in [-0.25, -0.2) is 9.97 Å². The van der Waals surface area contributed by atoms with Gasteiger partial charge < -0.3 is 10.6 Å². The van der Waals surface area contributed by atoms with E-state index >= 15 is 0 Å². The first-order chi connectivity index (χ1) is 9.63. The minimum atomic E-state index is 0.460. The van der Waals surface area contributed by atoms with E-state index < -0.39 is 0 Å².